The number of benzene rings is 1. The molecule has 0 aliphatic heterocycles. The third-order valence-electron chi connectivity index (χ3n) is 3.66. The fourth-order valence-corrected chi connectivity index (χ4v) is 2.34. The summed E-state index contributed by atoms with van der Waals surface area (Å²) in [5.41, 5.74) is 0.932. The second kappa shape index (κ2) is 5.68. The van der Waals surface area contributed by atoms with Gasteiger partial charge >= 0.3 is 0 Å². The third-order valence-corrected chi connectivity index (χ3v) is 3.66. The maximum atomic E-state index is 13.1. The van der Waals surface area contributed by atoms with Crippen LogP contribution in [0.25, 0.3) is 0 Å². The van der Waals surface area contributed by atoms with Crippen LogP contribution in [0, 0.1) is 5.82 Å². The Hall–Kier alpha value is -2.17. The van der Waals surface area contributed by atoms with Crippen LogP contribution in [-0.2, 0) is 0 Å². The van der Waals surface area contributed by atoms with Crippen molar-refractivity contribution in [1.29, 1.82) is 0 Å². The van der Waals surface area contributed by atoms with Crippen LogP contribution >= 0.6 is 0 Å². The van der Waals surface area contributed by atoms with Crippen LogP contribution in [0.3, 0.4) is 0 Å². The van der Waals surface area contributed by atoms with Crippen molar-refractivity contribution in [1.82, 2.24) is 9.97 Å². The molecule has 1 saturated carbocycles. The van der Waals surface area contributed by atoms with E-state index in [2.05, 4.69) is 22.1 Å². The minimum absolute atomic E-state index is 0.230. The van der Waals surface area contributed by atoms with Gasteiger partial charge in [-0.1, -0.05) is 0 Å². The van der Waals surface area contributed by atoms with Crippen molar-refractivity contribution in [3.8, 4) is 0 Å². The zero-order chi connectivity index (χ0) is 14.8. The molecular weight excluding hydrogens is 267 g/mol. The monoisotopic (exact) mass is 286 g/mol. The molecule has 1 N–H and O–H groups in total. The molecule has 0 saturated heterocycles. The van der Waals surface area contributed by atoms with Crippen LogP contribution in [-0.4, -0.2) is 23.6 Å². The number of aromatic nitrogens is 2. The van der Waals surface area contributed by atoms with Crippen molar-refractivity contribution in [2.75, 3.05) is 23.8 Å². The molecule has 110 valence electrons. The molecule has 0 unspecified atom stereocenters. The Morgan fingerprint density at radius 2 is 1.95 bits per heavy atom. The molecule has 1 heterocycles. The van der Waals surface area contributed by atoms with Gasteiger partial charge in [0.25, 0.3) is 0 Å². The Balaban J connectivity index is 1.99. The lowest BCUT2D eigenvalue weighted by molar-refractivity contribution is 0.627. The molecule has 5 heteroatoms. The molecule has 2 aromatic rings. The van der Waals surface area contributed by atoms with E-state index in [1.165, 1.54) is 12.1 Å². The van der Waals surface area contributed by atoms with Crippen LogP contribution < -0.4 is 10.2 Å². The quantitative estimate of drug-likeness (QED) is 0.910. The molecule has 0 spiro atoms. The van der Waals surface area contributed by atoms with Gasteiger partial charge in [-0.3, -0.25) is 0 Å². The van der Waals surface area contributed by atoms with Crippen molar-refractivity contribution < 1.29 is 4.39 Å². The number of anilines is 3. The van der Waals surface area contributed by atoms with Crippen LogP contribution in [0.4, 0.5) is 21.7 Å². The molecule has 0 atom stereocenters. The Kier molecular flexibility index (Phi) is 3.73. The Morgan fingerprint density at radius 3 is 2.52 bits per heavy atom. The van der Waals surface area contributed by atoms with Gasteiger partial charge in [-0.15, -0.1) is 0 Å². The van der Waals surface area contributed by atoms with Crippen molar-refractivity contribution in [3.05, 3.63) is 42.0 Å². The number of rotatable bonds is 5. The first-order valence-corrected chi connectivity index (χ1v) is 7.31. The Bertz CT molecular complexity index is 623. The first-order valence-electron chi connectivity index (χ1n) is 7.31. The molecule has 3 rings (SSSR count). The van der Waals surface area contributed by atoms with E-state index in [-0.39, 0.29) is 5.82 Å². The summed E-state index contributed by atoms with van der Waals surface area (Å²) in [5.74, 6) is 2.83. The molecular formula is C16H19FN4. The first kappa shape index (κ1) is 13.8. The van der Waals surface area contributed by atoms with E-state index in [1.54, 1.807) is 12.1 Å². The Labute approximate surface area is 124 Å². The summed E-state index contributed by atoms with van der Waals surface area (Å²) in [5, 5.41) is 3.09. The van der Waals surface area contributed by atoms with Crippen molar-refractivity contribution >= 4 is 17.3 Å². The minimum atomic E-state index is -0.230. The van der Waals surface area contributed by atoms with E-state index >= 15 is 0 Å². The van der Waals surface area contributed by atoms with Crippen LogP contribution in [0.15, 0.2) is 30.3 Å². The normalized spacial score (nSPS) is 14.0. The van der Waals surface area contributed by atoms with Gasteiger partial charge in [0.1, 0.15) is 23.3 Å². The van der Waals surface area contributed by atoms with Gasteiger partial charge < -0.3 is 10.2 Å². The van der Waals surface area contributed by atoms with Crippen LogP contribution in [0.2, 0.25) is 0 Å². The minimum Gasteiger partial charge on any atom is -0.373 e. The zero-order valence-corrected chi connectivity index (χ0v) is 12.3. The summed E-state index contributed by atoms with van der Waals surface area (Å²) in [4.78, 5) is 11.3. The molecule has 1 fully saturated rings. The Morgan fingerprint density at radius 1 is 1.24 bits per heavy atom. The first-order chi connectivity index (χ1) is 10.2. The lowest BCUT2D eigenvalue weighted by Gasteiger charge is -2.23. The molecule has 0 bridgehead atoms. The summed E-state index contributed by atoms with van der Waals surface area (Å²) in [6, 6.07) is 8.42. The lowest BCUT2D eigenvalue weighted by atomic mass is 10.2. The smallest absolute Gasteiger partial charge is 0.138 e. The molecule has 1 aromatic heterocycles. The highest BCUT2D eigenvalue weighted by Crippen LogP contribution is 2.39. The van der Waals surface area contributed by atoms with Gasteiger partial charge in [0.05, 0.1) is 0 Å². The van der Waals surface area contributed by atoms with Crippen molar-refractivity contribution in [2.24, 2.45) is 0 Å². The highest BCUT2D eigenvalue weighted by atomic mass is 19.1. The largest absolute Gasteiger partial charge is 0.373 e. The summed E-state index contributed by atoms with van der Waals surface area (Å²) in [6.07, 6.45) is 2.32. The second-order valence-corrected chi connectivity index (χ2v) is 5.21. The molecule has 0 radical (unpaired) electrons. The van der Waals surface area contributed by atoms with E-state index in [4.69, 9.17) is 4.98 Å². The standard InChI is InChI=1S/C16H19FN4/c1-3-21(13-8-6-12(17)7-9-13)15-10-14(18-2)19-16(20-15)11-4-5-11/h6-11H,3-5H2,1-2H3,(H,18,19,20). The van der Waals surface area contributed by atoms with E-state index in [9.17, 15) is 4.39 Å². The van der Waals surface area contributed by atoms with E-state index in [0.717, 1.165) is 42.5 Å². The summed E-state index contributed by atoms with van der Waals surface area (Å²) in [6.45, 7) is 2.82. The molecule has 21 heavy (non-hydrogen) atoms. The fourth-order valence-electron chi connectivity index (χ4n) is 2.34. The SMILES string of the molecule is CCN(c1ccc(F)cc1)c1cc(NC)nc(C2CC2)n1. The van der Waals surface area contributed by atoms with Gasteiger partial charge in [0.15, 0.2) is 0 Å². The van der Waals surface area contributed by atoms with Gasteiger partial charge in [0, 0.05) is 31.3 Å². The number of hydrogen-bond donors (Lipinski definition) is 1. The predicted octanol–water partition coefficient (Wildman–Crippen LogP) is 3.69. The van der Waals surface area contributed by atoms with E-state index < -0.39 is 0 Å². The van der Waals surface area contributed by atoms with Gasteiger partial charge in [-0.2, -0.15) is 0 Å². The molecule has 1 aliphatic rings. The van der Waals surface area contributed by atoms with Crippen molar-refractivity contribution in [2.45, 2.75) is 25.7 Å². The summed E-state index contributed by atoms with van der Waals surface area (Å²) in [7, 11) is 1.86. The highest BCUT2D eigenvalue weighted by Gasteiger charge is 2.28. The number of hydrogen-bond acceptors (Lipinski definition) is 4. The summed E-state index contributed by atoms with van der Waals surface area (Å²) >= 11 is 0. The van der Waals surface area contributed by atoms with Crippen LogP contribution in [0.5, 0.6) is 0 Å². The second-order valence-electron chi connectivity index (χ2n) is 5.21. The van der Waals surface area contributed by atoms with Crippen molar-refractivity contribution in [3.63, 3.8) is 0 Å². The topological polar surface area (TPSA) is 41.0 Å². The molecule has 1 aromatic carbocycles. The third kappa shape index (κ3) is 2.96. The lowest BCUT2D eigenvalue weighted by Crippen LogP contribution is -2.18. The average Bonchev–Trinajstić information content (AvgIpc) is 3.34. The van der Waals surface area contributed by atoms with Gasteiger partial charge in [-0.25, -0.2) is 14.4 Å². The fraction of sp³-hybridized carbons (Fsp3) is 0.375. The maximum absolute atomic E-state index is 13.1. The van der Waals surface area contributed by atoms with Gasteiger partial charge in [0.2, 0.25) is 0 Å². The zero-order valence-electron chi connectivity index (χ0n) is 12.3. The average molecular weight is 286 g/mol. The van der Waals surface area contributed by atoms with E-state index in [0.29, 0.717) is 5.92 Å². The molecule has 4 nitrogen and oxygen atoms in total. The number of halogens is 1. The number of nitrogens with zero attached hydrogens (tertiary/aromatic N) is 3. The summed E-state index contributed by atoms with van der Waals surface area (Å²) < 4.78 is 13.1. The maximum Gasteiger partial charge on any atom is 0.138 e. The molecule has 1 aliphatic carbocycles. The van der Waals surface area contributed by atoms with E-state index in [1.807, 2.05) is 13.1 Å². The number of nitrogens with one attached hydrogen (secondary N) is 1. The van der Waals surface area contributed by atoms with Gasteiger partial charge in [-0.05, 0) is 44.0 Å². The molecule has 0 amide bonds. The highest BCUT2D eigenvalue weighted by molar-refractivity contribution is 5.62. The van der Waals surface area contributed by atoms with Crippen LogP contribution in [0.1, 0.15) is 31.5 Å². The predicted molar refractivity (Wildman–Crippen MR) is 82.6 cm³/mol.